The monoisotopic (exact) mass is 515 g/mol. The van der Waals surface area contributed by atoms with Crippen molar-refractivity contribution in [2.75, 3.05) is 6.54 Å². The Labute approximate surface area is 217 Å². The fourth-order valence-corrected chi connectivity index (χ4v) is 5.00. The Hall–Kier alpha value is -4.16. The molecule has 12 heteroatoms. The molecule has 0 saturated carbocycles. The Morgan fingerprint density at radius 1 is 1.24 bits per heavy atom. The average molecular weight is 515 g/mol. The molecule has 0 radical (unpaired) electrons. The first kappa shape index (κ1) is 24.2. The van der Waals surface area contributed by atoms with E-state index in [9.17, 15) is 13.8 Å². The van der Waals surface area contributed by atoms with Gasteiger partial charge in [-0.2, -0.15) is 10.2 Å². The number of H-pyrrole nitrogens is 2. The second kappa shape index (κ2) is 9.95. The number of nitrogens with zero attached hydrogens (tertiary/aromatic N) is 5. The molecule has 0 spiro atoms. The molecular formula is C26H24BF2N7O2. The van der Waals surface area contributed by atoms with Gasteiger partial charge in [0.2, 0.25) is 0 Å². The van der Waals surface area contributed by atoms with Gasteiger partial charge in [0.05, 0.1) is 24.4 Å². The number of allylic oxidation sites excluding steroid dienone is 1. The molecule has 6 rings (SSSR count). The predicted molar refractivity (Wildman–Crippen MR) is 139 cm³/mol. The highest BCUT2D eigenvalue weighted by Gasteiger charge is 2.31. The number of amidine groups is 1. The number of benzene rings is 2. The van der Waals surface area contributed by atoms with Crippen molar-refractivity contribution >= 4 is 24.2 Å². The van der Waals surface area contributed by atoms with Crippen molar-refractivity contribution in [1.82, 2.24) is 30.3 Å². The van der Waals surface area contributed by atoms with Crippen LogP contribution in [0.25, 0.3) is 22.8 Å². The van der Waals surface area contributed by atoms with Crippen LogP contribution in [0.4, 0.5) is 14.6 Å². The molecule has 0 aliphatic carbocycles. The molecule has 0 unspecified atom stereocenters. The Morgan fingerprint density at radius 3 is 3.00 bits per heavy atom. The number of hydrogen-bond acceptors (Lipinski definition) is 6. The third-order valence-electron chi connectivity index (χ3n) is 6.83. The summed E-state index contributed by atoms with van der Waals surface area (Å²) in [6, 6.07) is 8.79. The lowest BCUT2D eigenvalue weighted by molar-refractivity contribution is 0.275. The van der Waals surface area contributed by atoms with Crippen molar-refractivity contribution < 1.29 is 18.5 Å². The molecule has 192 valence electrons. The fourth-order valence-electron chi connectivity index (χ4n) is 5.00. The number of rotatable bonds is 5. The topological polar surface area (TPSA) is 115 Å². The highest BCUT2D eigenvalue weighted by molar-refractivity contribution is 6.61. The Bertz CT molecular complexity index is 1550. The van der Waals surface area contributed by atoms with E-state index in [2.05, 4.69) is 25.4 Å². The van der Waals surface area contributed by atoms with E-state index < -0.39 is 18.8 Å². The molecular weight excluding hydrogens is 491 g/mol. The van der Waals surface area contributed by atoms with Crippen LogP contribution in [-0.2, 0) is 11.3 Å². The summed E-state index contributed by atoms with van der Waals surface area (Å²) in [4.78, 5) is 11.4. The Balaban J connectivity index is 1.32. The minimum absolute atomic E-state index is 0.314. The highest BCUT2D eigenvalue weighted by atomic mass is 19.1. The molecule has 1 atom stereocenters. The van der Waals surface area contributed by atoms with E-state index in [0.29, 0.717) is 59.5 Å². The van der Waals surface area contributed by atoms with E-state index in [1.165, 1.54) is 6.07 Å². The van der Waals surface area contributed by atoms with Gasteiger partial charge in [0, 0.05) is 17.7 Å². The smallest absolute Gasteiger partial charge is 0.423 e. The molecule has 1 fully saturated rings. The maximum atomic E-state index is 14.6. The van der Waals surface area contributed by atoms with Crippen LogP contribution in [0.15, 0.2) is 59.7 Å². The second-order valence-electron chi connectivity index (χ2n) is 9.20. The van der Waals surface area contributed by atoms with Crippen molar-refractivity contribution in [2.45, 2.75) is 32.4 Å². The molecule has 2 aromatic carbocycles. The third-order valence-corrected chi connectivity index (χ3v) is 6.83. The van der Waals surface area contributed by atoms with E-state index in [1.54, 1.807) is 6.20 Å². The van der Waals surface area contributed by atoms with Crippen LogP contribution in [0.3, 0.4) is 0 Å². The molecule has 4 aromatic rings. The van der Waals surface area contributed by atoms with Crippen molar-refractivity contribution in [3.05, 3.63) is 77.5 Å². The van der Waals surface area contributed by atoms with Gasteiger partial charge < -0.3 is 14.6 Å². The minimum Gasteiger partial charge on any atom is -0.423 e. The summed E-state index contributed by atoms with van der Waals surface area (Å²) in [7, 11) is -0.960. The van der Waals surface area contributed by atoms with E-state index in [1.807, 2.05) is 42.2 Å². The second-order valence-corrected chi connectivity index (χ2v) is 9.20. The van der Waals surface area contributed by atoms with E-state index in [0.717, 1.165) is 29.7 Å². The molecule has 3 N–H and O–H groups in total. The number of hydrogen-bond donors (Lipinski definition) is 3. The van der Waals surface area contributed by atoms with Crippen molar-refractivity contribution in [2.24, 2.45) is 4.99 Å². The summed E-state index contributed by atoms with van der Waals surface area (Å²) >= 11 is 0. The molecule has 2 aromatic heterocycles. The zero-order chi connectivity index (χ0) is 26.2. The van der Waals surface area contributed by atoms with Crippen molar-refractivity contribution in [3.63, 3.8) is 0 Å². The number of nitrogens with one attached hydrogen (secondary N) is 2. The van der Waals surface area contributed by atoms with Crippen LogP contribution in [0, 0.1) is 11.6 Å². The summed E-state index contributed by atoms with van der Waals surface area (Å²) < 4.78 is 33.9. The highest BCUT2D eigenvalue weighted by Crippen LogP contribution is 2.36. The van der Waals surface area contributed by atoms with Gasteiger partial charge in [-0.3, -0.25) is 10.2 Å². The lowest BCUT2D eigenvalue weighted by Gasteiger charge is -2.27. The molecule has 9 nitrogen and oxygen atoms in total. The van der Waals surface area contributed by atoms with Gasteiger partial charge in [0.1, 0.15) is 17.5 Å². The zero-order valence-electron chi connectivity index (χ0n) is 20.5. The molecule has 38 heavy (non-hydrogen) atoms. The SMILES string of the molecule is C/C=C\C(=Nc1[nH]ncc1-c1nc(-c2ccc3c(c2)B(O)OC3)n[nH]1)N1CCC[C@@H]1c1cc(F)ccc1F. The zero-order valence-corrected chi connectivity index (χ0v) is 20.5. The van der Waals surface area contributed by atoms with Gasteiger partial charge in [0.25, 0.3) is 0 Å². The maximum absolute atomic E-state index is 14.6. The lowest BCUT2D eigenvalue weighted by Crippen LogP contribution is -2.29. The van der Waals surface area contributed by atoms with E-state index in [4.69, 9.17) is 9.65 Å². The Morgan fingerprint density at radius 2 is 2.13 bits per heavy atom. The number of aliphatic imine (C=N–C) groups is 1. The van der Waals surface area contributed by atoms with Crippen molar-refractivity contribution in [1.29, 1.82) is 0 Å². The van der Waals surface area contributed by atoms with Gasteiger partial charge in [-0.05, 0) is 55.1 Å². The number of aromatic nitrogens is 5. The van der Waals surface area contributed by atoms with Gasteiger partial charge in [0.15, 0.2) is 17.5 Å². The molecule has 4 heterocycles. The third kappa shape index (κ3) is 4.41. The van der Waals surface area contributed by atoms with Crippen LogP contribution < -0.4 is 5.46 Å². The van der Waals surface area contributed by atoms with E-state index >= 15 is 0 Å². The van der Waals surface area contributed by atoms with Gasteiger partial charge in [-0.25, -0.2) is 18.8 Å². The summed E-state index contributed by atoms with van der Waals surface area (Å²) in [5.74, 6) is 1.04. The van der Waals surface area contributed by atoms with Gasteiger partial charge in [-0.1, -0.05) is 24.3 Å². The summed E-state index contributed by atoms with van der Waals surface area (Å²) in [6.45, 7) is 2.89. The lowest BCUT2D eigenvalue weighted by atomic mass is 9.79. The van der Waals surface area contributed by atoms with Crippen LogP contribution in [0.2, 0.25) is 0 Å². The molecule has 2 aliphatic rings. The maximum Gasteiger partial charge on any atom is 0.491 e. The first-order chi connectivity index (χ1) is 18.5. The minimum atomic E-state index is -0.960. The molecule has 0 amide bonds. The van der Waals surface area contributed by atoms with Crippen molar-refractivity contribution in [3.8, 4) is 22.8 Å². The first-order valence-corrected chi connectivity index (χ1v) is 12.3. The van der Waals surface area contributed by atoms with Gasteiger partial charge in [-0.15, -0.1) is 0 Å². The number of halogens is 2. The van der Waals surface area contributed by atoms with E-state index in [-0.39, 0.29) is 6.04 Å². The summed E-state index contributed by atoms with van der Waals surface area (Å²) in [6.07, 6.45) is 6.79. The number of fused-ring (bicyclic) bond motifs is 1. The predicted octanol–water partition coefficient (Wildman–Crippen LogP) is 3.80. The molecule has 2 aliphatic heterocycles. The standard InChI is InChI=1S/C26H24BF2N7O2/c1-2-4-23(36-10-3-5-22(36)18-12-17(28)8-9-21(18)29)31-25-19(13-30-33-25)26-32-24(34-35-26)15-6-7-16-14-38-27(37)20(16)11-15/h2,4,6-9,11-13,22,37H,3,5,10,14H2,1H3,(H,30,33)(H,32,34,35)/b4-2-,31-23?/t22-/m1/s1. The largest absolute Gasteiger partial charge is 0.491 e. The summed E-state index contributed by atoms with van der Waals surface area (Å²) in [5.41, 5.74) is 3.28. The summed E-state index contributed by atoms with van der Waals surface area (Å²) in [5, 5.41) is 24.4. The van der Waals surface area contributed by atoms with Gasteiger partial charge >= 0.3 is 7.12 Å². The number of aromatic amines is 2. The first-order valence-electron chi connectivity index (χ1n) is 12.3. The number of likely N-dealkylation sites (tertiary alicyclic amines) is 1. The quantitative estimate of drug-likeness (QED) is 0.212. The molecule has 0 bridgehead atoms. The normalized spacial score (nSPS) is 17.7. The average Bonchev–Trinajstić information content (AvgIpc) is 3.72. The molecule has 1 saturated heterocycles. The fraction of sp³-hybridized carbons (Fsp3) is 0.231. The Kier molecular flexibility index (Phi) is 6.34. The van der Waals surface area contributed by atoms with Crippen LogP contribution in [-0.4, -0.2) is 54.8 Å². The van der Waals surface area contributed by atoms with Crippen LogP contribution >= 0.6 is 0 Å². The van der Waals surface area contributed by atoms with Crippen LogP contribution in [0.5, 0.6) is 0 Å². The van der Waals surface area contributed by atoms with Crippen LogP contribution in [0.1, 0.15) is 36.9 Å².